The van der Waals surface area contributed by atoms with Crippen molar-refractivity contribution in [2.45, 2.75) is 19.1 Å². The summed E-state index contributed by atoms with van der Waals surface area (Å²) >= 11 is 0. The molecule has 1 amide bonds. The molecule has 1 aromatic carbocycles. The zero-order valence-corrected chi connectivity index (χ0v) is 14.2. The van der Waals surface area contributed by atoms with E-state index in [1.807, 2.05) is 59.1 Å². The third-order valence-electron chi connectivity index (χ3n) is 5.13. The number of aryl methyl sites for hydroxylation is 1. The topological polar surface area (TPSA) is 37.7 Å². The van der Waals surface area contributed by atoms with Gasteiger partial charge in [-0.05, 0) is 38.2 Å². The van der Waals surface area contributed by atoms with Gasteiger partial charge in [0.2, 0.25) is 0 Å². The Hall–Kier alpha value is -2.11. The lowest BCUT2D eigenvalue weighted by Crippen LogP contribution is -2.48. The molecule has 2 saturated heterocycles. The molecule has 0 radical (unpaired) electrons. The largest absolute Gasteiger partial charge is 0.373 e. The van der Waals surface area contributed by atoms with Crippen LogP contribution in [0.15, 0.2) is 42.7 Å². The van der Waals surface area contributed by atoms with Gasteiger partial charge in [0.25, 0.3) is 5.91 Å². The Morgan fingerprint density at radius 2 is 2.00 bits per heavy atom. The number of benzene rings is 1. The van der Waals surface area contributed by atoms with Crippen LogP contribution in [-0.2, 0) is 4.74 Å². The van der Waals surface area contributed by atoms with Gasteiger partial charge in [-0.3, -0.25) is 9.69 Å². The lowest BCUT2D eigenvalue weighted by Gasteiger charge is -2.33. The molecule has 0 unspecified atom stereocenters. The summed E-state index contributed by atoms with van der Waals surface area (Å²) in [6.07, 6.45) is 4.08. The molecule has 24 heavy (non-hydrogen) atoms. The van der Waals surface area contributed by atoms with E-state index in [9.17, 15) is 4.79 Å². The molecular formula is C19H23N3O2. The van der Waals surface area contributed by atoms with Gasteiger partial charge in [0.1, 0.15) is 0 Å². The first-order chi connectivity index (χ1) is 11.6. The second-order valence-corrected chi connectivity index (χ2v) is 6.78. The number of ether oxygens (including phenoxy) is 1. The van der Waals surface area contributed by atoms with Crippen LogP contribution in [-0.4, -0.2) is 65.7 Å². The Labute approximate surface area is 142 Å². The Balaban J connectivity index is 1.64. The number of nitrogens with zero attached hydrogens (tertiary/aromatic N) is 3. The minimum absolute atomic E-state index is 0.0915. The van der Waals surface area contributed by atoms with E-state index in [0.717, 1.165) is 36.5 Å². The average Bonchev–Trinajstić information content (AvgIpc) is 3.24. The van der Waals surface area contributed by atoms with Crippen LogP contribution < -0.4 is 0 Å². The van der Waals surface area contributed by atoms with Gasteiger partial charge in [-0.15, -0.1) is 0 Å². The molecule has 4 rings (SSSR count). The van der Waals surface area contributed by atoms with E-state index in [1.54, 1.807) is 0 Å². The van der Waals surface area contributed by atoms with Gasteiger partial charge < -0.3 is 14.2 Å². The number of likely N-dealkylation sites (tertiary alicyclic amines) is 1. The van der Waals surface area contributed by atoms with Crippen LogP contribution >= 0.6 is 0 Å². The summed E-state index contributed by atoms with van der Waals surface area (Å²) in [7, 11) is 2.12. The third-order valence-corrected chi connectivity index (χ3v) is 5.13. The highest BCUT2D eigenvalue weighted by Gasteiger charge is 2.40. The Morgan fingerprint density at radius 1 is 1.21 bits per heavy atom. The molecule has 2 atom stereocenters. The fourth-order valence-corrected chi connectivity index (χ4v) is 3.74. The number of hydrogen-bond acceptors (Lipinski definition) is 3. The van der Waals surface area contributed by atoms with E-state index < -0.39 is 0 Å². The van der Waals surface area contributed by atoms with Gasteiger partial charge in [-0.2, -0.15) is 0 Å². The van der Waals surface area contributed by atoms with E-state index in [4.69, 9.17) is 4.74 Å². The lowest BCUT2D eigenvalue weighted by atomic mass is 10.1. The molecule has 1 aromatic heterocycles. The van der Waals surface area contributed by atoms with E-state index in [-0.39, 0.29) is 12.0 Å². The van der Waals surface area contributed by atoms with Gasteiger partial charge in [-0.25, -0.2) is 0 Å². The molecule has 126 valence electrons. The molecule has 5 nitrogen and oxygen atoms in total. The highest BCUT2D eigenvalue weighted by molar-refractivity contribution is 5.98. The van der Waals surface area contributed by atoms with Gasteiger partial charge in [0.05, 0.1) is 30.0 Å². The maximum absolute atomic E-state index is 13.2. The zero-order chi connectivity index (χ0) is 16.7. The quantitative estimate of drug-likeness (QED) is 0.847. The minimum atomic E-state index is 0.0915. The summed E-state index contributed by atoms with van der Waals surface area (Å²) in [5.41, 5.74) is 2.78. The predicted molar refractivity (Wildman–Crippen MR) is 92.6 cm³/mol. The minimum Gasteiger partial charge on any atom is -0.373 e. The van der Waals surface area contributed by atoms with Gasteiger partial charge in [0.15, 0.2) is 0 Å². The lowest BCUT2D eigenvalue weighted by molar-refractivity contribution is -0.0368. The van der Waals surface area contributed by atoms with Crippen molar-refractivity contribution in [1.29, 1.82) is 0 Å². The molecule has 2 fully saturated rings. The first-order valence-electron chi connectivity index (χ1n) is 8.48. The van der Waals surface area contributed by atoms with Gasteiger partial charge in [0, 0.05) is 32.0 Å². The Bertz CT molecular complexity index is 741. The molecule has 3 heterocycles. The number of carbonyl (C=O) groups is 1. The van der Waals surface area contributed by atoms with Crippen molar-refractivity contribution in [2.75, 3.05) is 33.3 Å². The van der Waals surface area contributed by atoms with E-state index in [0.29, 0.717) is 12.6 Å². The maximum atomic E-state index is 13.2. The van der Waals surface area contributed by atoms with Crippen molar-refractivity contribution < 1.29 is 9.53 Å². The molecule has 2 aliphatic rings. The molecule has 0 aliphatic carbocycles. The van der Waals surface area contributed by atoms with Crippen molar-refractivity contribution >= 4 is 5.91 Å². The van der Waals surface area contributed by atoms with Crippen LogP contribution in [0.5, 0.6) is 0 Å². The van der Waals surface area contributed by atoms with Crippen molar-refractivity contribution in [3.63, 3.8) is 0 Å². The standard InChI is InChI=1S/C19H23N3O2/c1-14-5-6-16(21-7-3-4-8-21)15(11-14)19(23)22-12-17-18(13-22)24-10-9-20(17)2/h3-8,11,17-18H,9-10,12-13H2,1-2H3/t17-,18+/m0/s1. The molecule has 2 aromatic rings. The SMILES string of the molecule is Cc1ccc(-n2cccc2)c(C(=O)N2C[C@H]3OCCN(C)[C@H]3C2)c1. The maximum Gasteiger partial charge on any atom is 0.256 e. The summed E-state index contributed by atoms with van der Waals surface area (Å²) in [4.78, 5) is 17.5. The fourth-order valence-electron chi connectivity index (χ4n) is 3.74. The van der Waals surface area contributed by atoms with Crippen LogP contribution in [0, 0.1) is 6.92 Å². The first-order valence-corrected chi connectivity index (χ1v) is 8.48. The third kappa shape index (κ3) is 2.64. The summed E-state index contributed by atoms with van der Waals surface area (Å²) in [5, 5.41) is 0. The van der Waals surface area contributed by atoms with Crippen molar-refractivity contribution in [3.8, 4) is 5.69 Å². The van der Waals surface area contributed by atoms with Crippen LogP contribution in [0.3, 0.4) is 0 Å². The van der Waals surface area contributed by atoms with Gasteiger partial charge >= 0.3 is 0 Å². The second kappa shape index (κ2) is 6.07. The Kier molecular flexibility index (Phi) is 3.90. The summed E-state index contributed by atoms with van der Waals surface area (Å²) in [5.74, 6) is 0.0915. The number of amides is 1. The van der Waals surface area contributed by atoms with E-state index in [1.165, 1.54) is 0 Å². The van der Waals surface area contributed by atoms with Crippen LogP contribution in [0.2, 0.25) is 0 Å². The molecular weight excluding hydrogens is 302 g/mol. The fraction of sp³-hybridized carbons (Fsp3) is 0.421. The van der Waals surface area contributed by atoms with Crippen LogP contribution in [0.4, 0.5) is 0 Å². The van der Waals surface area contributed by atoms with Gasteiger partial charge in [-0.1, -0.05) is 11.6 Å². The van der Waals surface area contributed by atoms with E-state index >= 15 is 0 Å². The number of likely N-dealkylation sites (N-methyl/N-ethyl adjacent to an activating group) is 1. The highest BCUT2D eigenvalue weighted by atomic mass is 16.5. The average molecular weight is 325 g/mol. The molecule has 0 spiro atoms. The monoisotopic (exact) mass is 325 g/mol. The van der Waals surface area contributed by atoms with E-state index in [2.05, 4.69) is 11.9 Å². The Morgan fingerprint density at radius 3 is 2.75 bits per heavy atom. The smallest absolute Gasteiger partial charge is 0.256 e. The number of hydrogen-bond donors (Lipinski definition) is 0. The second-order valence-electron chi connectivity index (χ2n) is 6.78. The summed E-state index contributed by atoms with van der Waals surface area (Å²) < 4.78 is 7.87. The number of carbonyl (C=O) groups excluding carboxylic acids is 1. The number of morpholine rings is 1. The van der Waals surface area contributed by atoms with Crippen LogP contribution in [0.1, 0.15) is 15.9 Å². The molecule has 0 saturated carbocycles. The zero-order valence-electron chi connectivity index (χ0n) is 14.2. The number of fused-ring (bicyclic) bond motifs is 1. The van der Waals surface area contributed by atoms with Crippen LogP contribution in [0.25, 0.3) is 5.69 Å². The normalized spacial score (nSPS) is 24.2. The van der Waals surface area contributed by atoms with Crippen molar-refractivity contribution in [1.82, 2.24) is 14.4 Å². The molecule has 5 heteroatoms. The molecule has 2 aliphatic heterocycles. The first kappa shape index (κ1) is 15.4. The number of rotatable bonds is 2. The molecule has 0 bridgehead atoms. The van der Waals surface area contributed by atoms with Crippen molar-refractivity contribution in [3.05, 3.63) is 53.9 Å². The summed E-state index contributed by atoms with van der Waals surface area (Å²) in [6.45, 7) is 5.11. The predicted octanol–water partition coefficient (Wildman–Crippen LogP) is 1.94. The molecule has 0 N–H and O–H groups in total. The van der Waals surface area contributed by atoms with Crippen molar-refractivity contribution in [2.24, 2.45) is 0 Å². The summed E-state index contributed by atoms with van der Waals surface area (Å²) in [6, 6.07) is 10.3. The number of aromatic nitrogens is 1. The highest BCUT2D eigenvalue weighted by Crippen LogP contribution is 2.25.